The summed E-state index contributed by atoms with van der Waals surface area (Å²) in [6.07, 6.45) is 1.10. The van der Waals surface area contributed by atoms with E-state index in [-0.39, 0.29) is 0 Å². The first-order chi connectivity index (χ1) is 4.18. The fraction of sp³-hybridized carbons (Fsp3) is 0.833. The second-order valence-corrected chi connectivity index (χ2v) is 3.06. The lowest BCUT2D eigenvalue weighted by Crippen LogP contribution is -2.23. The van der Waals surface area contributed by atoms with Crippen LogP contribution in [0.15, 0.2) is 0 Å². The van der Waals surface area contributed by atoms with Crippen molar-refractivity contribution in [2.45, 2.75) is 13.3 Å². The van der Waals surface area contributed by atoms with E-state index in [4.69, 9.17) is 12.2 Å². The monoisotopic (exact) mass is 163 g/mol. The van der Waals surface area contributed by atoms with Crippen LogP contribution in [0.2, 0.25) is 0 Å². The Morgan fingerprint density at radius 1 is 1.67 bits per heavy atom. The molecule has 0 rings (SSSR count). The van der Waals surface area contributed by atoms with Crippen molar-refractivity contribution in [1.29, 1.82) is 0 Å². The van der Waals surface area contributed by atoms with Gasteiger partial charge in [0, 0.05) is 13.6 Å². The van der Waals surface area contributed by atoms with Crippen LogP contribution in [0.3, 0.4) is 0 Å². The maximum atomic E-state index is 4.93. The van der Waals surface area contributed by atoms with Gasteiger partial charge in [0.2, 0.25) is 0 Å². The molecule has 0 unspecified atom stereocenters. The van der Waals surface area contributed by atoms with E-state index in [2.05, 4.69) is 17.5 Å². The third kappa shape index (κ3) is 4.73. The first-order valence-electron chi connectivity index (χ1n) is 3.01. The Labute approximate surface area is 67.8 Å². The largest absolute Gasteiger partial charge is 0.369 e. The fourth-order valence-corrected chi connectivity index (χ4v) is 0.698. The molecule has 1 nitrogen and oxygen atoms in total. The molecule has 0 aliphatic rings. The van der Waals surface area contributed by atoms with Crippen LogP contribution in [0.5, 0.6) is 0 Å². The van der Waals surface area contributed by atoms with E-state index < -0.39 is 0 Å². The van der Waals surface area contributed by atoms with Crippen LogP contribution < -0.4 is 0 Å². The zero-order valence-electron chi connectivity index (χ0n) is 5.92. The summed E-state index contributed by atoms with van der Waals surface area (Å²) in [5.41, 5.74) is 0. The summed E-state index contributed by atoms with van der Waals surface area (Å²) in [5, 5.41) is 0. The van der Waals surface area contributed by atoms with Gasteiger partial charge in [0.25, 0.3) is 0 Å². The summed E-state index contributed by atoms with van der Waals surface area (Å²) in [5.74, 6) is 0.937. The minimum atomic E-state index is 0.937. The van der Waals surface area contributed by atoms with Gasteiger partial charge in [-0.05, 0) is 19.1 Å². The molecular weight excluding hydrogens is 150 g/mol. The molecule has 0 aliphatic carbocycles. The molecule has 0 fully saturated rings. The molecule has 0 aromatic rings. The van der Waals surface area contributed by atoms with Gasteiger partial charge in [0.15, 0.2) is 0 Å². The number of hydrogen-bond acceptors (Lipinski definition) is 2. The Morgan fingerprint density at radius 2 is 2.22 bits per heavy atom. The number of thiol groups is 1. The molecule has 54 valence electrons. The van der Waals surface area contributed by atoms with Crippen molar-refractivity contribution in [2.24, 2.45) is 0 Å². The highest BCUT2D eigenvalue weighted by Crippen LogP contribution is 1.91. The number of nitrogens with zero attached hydrogens (tertiary/aromatic N) is 1. The maximum Gasteiger partial charge on any atom is 0.0745 e. The molecule has 0 saturated carbocycles. The van der Waals surface area contributed by atoms with Crippen molar-refractivity contribution in [3.8, 4) is 0 Å². The lowest BCUT2D eigenvalue weighted by molar-refractivity contribution is 0.509. The van der Waals surface area contributed by atoms with Crippen molar-refractivity contribution in [2.75, 3.05) is 19.3 Å². The van der Waals surface area contributed by atoms with Crippen LogP contribution in [0, 0.1) is 0 Å². The van der Waals surface area contributed by atoms with Crippen LogP contribution in [0.4, 0.5) is 0 Å². The third-order valence-corrected chi connectivity index (χ3v) is 1.82. The molecule has 0 N–H and O–H groups in total. The SMILES string of the molecule is CC(=S)N(C)CCCS. The van der Waals surface area contributed by atoms with Gasteiger partial charge < -0.3 is 4.90 Å². The topological polar surface area (TPSA) is 3.24 Å². The molecule has 0 atom stereocenters. The number of thiocarbonyl (C=S) groups is 1. The van der Waals surface area contributed by atoms with Gasteiger partial charge in [0.05, 0.1) is 4.99 Å². The smallest absolute Gasteiger partial charge is 0.0745 e. The van der Waals surface area contributed by atoms with Gasteiger partial charge in [-0.15, -0.1) is 0 Å². The first kappa shape index (κ1) is 9.24. The molecule has 0 bridgehead atoms. The van der Waals surface area contributed by atoms with E-state index in [0.29, 0.717) is 0 Å². The van der Waals surface area contributed by atoms with Gasteiger partial charge in [-0.25, -0.2) is 0 Å². The van der Waals surface area contributed by atoms with Crippen molar-refractivity contribution in [1.82, 2.24) is 4.90 Å². The lowest BCUT2D eigenvalue weighted by atomic mass is 10.4. The molecule has 0 amide bonds. The zero-order valence-corrected chi connectivity index (χ0v) is 7.63. The van der Waals surface area contributed by atoms with Crippen LogP contribution >= 0.6 is 24.8 Å². The standard InChI is InChI=1S/C6H13NS2/c1-6(9)7(2)4-3-5-8/h8H,3-5H2,1-2H3. The highest BCUT2D eigenvalue weighted by molar-refractivity contribution is 7.80. The molecule has 0 saturated heterocycles. The van der Waals surface area contributed by atoms with Gasteiger partial charge in [0.1, 0.15) is 0 Å². The highest BCUT2D eigenvalue weighted by Gasteiger charge is 1.94. The van der Waals surface area contributed by atoms with Crippen molar-refractivity contribution in [3.05, 3.63) is 0 Å². The van der Waals surface area contributed by atoms with Crippen molar-refractivity contribution >= 4 is 29.8 Å². The predicted molar refractivity (Wildman–Crippen MR) is 49.4 cm³/mol. The van der Waals surface area contributed by atoms with E-state index in [1.54, 1.807) is 0 Å². The molecule has 0 radical (unpaired) electrons. The summed E-state index contributed by atoms with van der Waals surface area (Å²) in [7, 11) is 2.01. The second-order valence-electron chi connectivity index (χ2n) is 2.02. The Balaban J connectivity index is 3.27. The summed E-state index contributed by atoms with van der Waals surface area (Å²) in [6, 6.07) is 0. The molecule has 0 aromatic carbocycles. The second kappa shape index (κ2) is 5.06. The Hall–Kier alpha value is 0.240. The third-order valence-electron chi connectivity index (χ3n) is 1.19. The lowest BCUT2D eigenvalue weighted by Gasteiger charge is -2.15. The van der Waals surface area contributed by atoms with Crippen LogP contribution in [0.1, 0.15) is 13.3 Å². The van der Waals surface area contributed by atoms with E-state index in [9.17, 15) is 0 Å². The Bertz CT molecular complexity index is 93.1. The minimum Gasteiger partial charge on any atom is -0.369 e. The van der Waals surface area contributed by atoms with Crippen LogP contribution in [-0.4, -0.2) is 29.2 Å². The Kier molecular flexibility index (Phi) is 5.19. The molecule has 0 spiro atoms. The fourth-order valence-electron chi connectivity index (χ4n) is 0.465. The van der Waals surface area contributed by atoms with Crippen molar-refractivity contribution in [3.63, 3.8) is 0 Å². The number of hydrogen-bond donors (Lipinski definition) is 1. The first-order valence-corrected chi connectivity index (χ1v) is 4.05. The predicted octanol–water partition coefficient (Wildman–Crippen LogP) is 1.59. The molecular formula is C6H13NS2. The van der Waals surface area contributed by atoms with E-state index >= 15 is 0 Å². The average Bonchev–Trinajstić information content (AvgIpc) is 1.82. The zero-order chi connectivity index (χ0) is 7.28. The Morgan fingerprint density at radius 3 is 2.56 bits per heavy atom. The van der Waals surface area contributed by atoms with Crippen LogP contribution in [-0.2, 0) is 0 Å². The maximum absolute atomic E-state index is 4.93. The molecule has 3 heteroatoms. The van der Waals surface area contributed by atoms with Gasteiger partial charge in [-0.3, -0.25) is 0 Å². The van der Waals surface area contributed by atoms with Gasteiger partial charge >= 0.3 is 0 Å². The number of rotatable bonds is 3. The summed E-state index contributed by atoms with van der Waals surface area (Å²) >= 11 is 9.03. The van der Waals surface area contributed by atoms with E-state index in [1.165, 1.54) is 0 Å². The molecule has 0 aromatic heterocycles. The van der Waals surface area contributed by atoms with Gasteiger partial charge in [-0.1, -0.05) is 12.2 Å². The molecule has 0 aliphatic heterocycles. The van der Waals surface area contributed by atoms with Crippen molar-refractivity contribution < 1.29 is 0 Å². The highest BCUT2D eigenvalue weighted by atomic mass is 32.1. The van der Waals surface area contributed by atoms with Crippen LogP contribution in [0.25, 0.3) is 0 Å². The average molecular weight is 163 g/mol. The normalized spacial score (nSPS) is 9.22. The summed E-state index contributed by atoms with van der Waals surface area (Å²) in [6.45, 7) is 2.96. The molecule has 0 heterocycles. The quantitative estimate of drug-likeness (QED) is 0.497. The van der Waals surface area contributed by atoms with E-state index in [1.807, 2.05) is 14.0 Å². The molecule has 9 heavy (non-hydrogen) atoms. The van der Waals surface area contributed by atoms with Gasteiger partial charge in [-0.2, -0.15) is 12.6 Å². The summed E-state index contributed by atoms with van der Waals surface area (Å²) in [4.78, 5) is 3.02. The van der Waals surface area contributed by atoms with E-state index in [0.717, 1.165) is 23.7 Å². The summed E-state index contributed by atoms with van der Waals surface area (Å²) < 4.78 is 0. The minimum absolute atomic E-state index is 0.937.